The third-order valence-electron chi connectivity index (χ3n) is 2.19. The fraction of sp³-hybridized carbons (Fsp3) is 0.273. The fourth-order valence-electron chi connectivity index (χ4n) is 1.17. The molecule has 0 saturated carbocycles. The maximum absolute atomic E-state index is 11.4. The molecule has 1 N–H and O–H groups in total. The molecule has 0 atom stereocenters. The summed E-state index contributed by atoms with van der Waals surface area (Å²) >= 11 is 0. The van der Waals surface area contributed by atoms with Crippen LogP contribution in [-0.4, -0.2) is 15.6 Å². The second-order valence-corrected chi connectivity index (χ2v) is 3.31. The van der Waals surface area contributed by atoms with E-state index < -0.39 is 5.97 Å². The molecule has 1 aromatic heterocycles. The van der Waals surface area contributed by atoms with Gasteiger partial charge in [-0.25, -0.2) is 4.79 Å². The van der Waals surface area contributed by atoms with Gasteiger partial charge < -0.3 is 9.67 Å². The molecule has 0 aliphatic rings. The molecule has 0 radical (unpaired) electrons. The molecule has 1 rings (SSSR count). The van der Waals surface area contributed by atoms with Gasteiger partial charge >= 0.3 is 5.97 Å². The van der Waals surface area contributed by atoms with Crippen LogP contribution in [0.15, 0.2) is 34.6 Å². The molecule has 0 aromatic carbocycles. The molecule has 0 amide bonds. The Hall–Kier alpha value is -1.84. The van der Waals surface area contributed by atoms with Crippen molar-refractivity contribution in [3.05, 3.63) is 45.9 Å². The summed E-state index contributed by atoms with van der Waals surface area (Å²) in [6.07, 6.45) is 1.52. The summed E-state index contributed by atoms with van der Waals surface area (Å²) in [5.41, 5.74) is 0.937. The highest BCUT2D eigenvalue weighted by Gasteiger charge is 2.00. The van der Waals surface area contributed by atoms with Gasteiger partial charge in [0.25, 0.3) is 5.56 Å². The SMILES string of the molecule is CC(=CCn1c(C)cccc1=O)C(=O)O. The van der Waals surface area contributed by atoms with Crippen molar-refractivity contribution in [2.24, 2.45) is 0 Å². The highest BCUT2D eigenvalue weighted by atomic mass is 16.4. The van der Waals surface area contributed by atoms with Gasteiger partial charge in [-0.05, 0) is 19.9 Å². The number of aryl methyl sites for hydroxylation is 1. The van der Waals surface area contributed by atoms with Crippen molar-refractivity contribution >= 4 is 5.97 Å². The van der Waals surface area contributed by atoms with E-state index in [4.69, 9.17) is 5.11 Å². The molecule has 0 unspecified atom stereocenters. The van der Waals surface area contributed by atoms with E-state index in [0.717, 1.165) is 5.69 Å². The fourth-order valence-corrected chi connectivity index (χ4v) is 1.17. The number of aromatic nitrogens is 1. The van der Waals surface area contributed by atoms with Crippen LogP contribution in [0.4, 0.5) is 0 Å². The number of hydrogen-bond donors (Lipinski definition) is 1. The number of nitrogens with zero attached hydrogens (tertiary/aromatic N) is 1. The molecule has 4 nitrogen and oxygen atoms in total. The molecule has 0 saturated heterocycles. The zero-order valence-electron chi connectivity index (χ0n) is 8.73. The quantitative estimate of drug-likeness (QED) is 0.757. The largest absolute Gasteiger partial charge is 0.478 e. The van der Waals surface area contributed by atoms with Crippen molar-refractivity contribution in [3.8, 4) is 0 Å². The van der Waals surface area contributed by atoms with E-state index in [1.54, 1.807) is 6.07 Å². The highest BCUT2D eigenvalue weighted by Crippen LogP contribution is 1.97. The average molecular weight is 207 g/mol. The Morgan fingerprint density at radius 3 is 2.73 bits per heavy atom. The van der Waals surface area contributed by atoms with E-state index in [2.05, 4.69) is 0 Å². The molecule has 4 heteroatoms. The van der Waals surface area contributed by atoms with Gasteiger partial charge in [0, 0.05) is 23.9 Å². The normalized spacial score (nSPS) is 11.5. The third kappa shape index (κ3) is 2.80. The van der Waals surface area contributed by atoms with Gasteiger partial charge in [-0.1, -0.05) is 12.1 Å². The Morgan fingerprint density at radius 1 is 1.53 bits per heavy atom. The Kier molecular flexibility index (Phi) is 3.44. The van der Waals surface area contributed by atoms with Gasteiger partial charge in [-0.3, -0.25) is 4.79 Å². The minimum Gasteiger partial charge on any atom is -0.478 e. The van der Waals surface area contributed by atoms with Crippen molar-refractivity contribution < 1.29 is 9.90 Å². The number of pyridine rings is 1. The summed E-state index contributed by atoms with van der Waals surface area (Å²) in [7, 11) is 0. The second kappa shape index (κ2) is 4.59. The number of hydrogen-bond acceptors (Lipinski definition) is 2. The van der Waals surface area contributed by atoms with Crippen molar-refractivity contribution in [1.29, 1.82) is 0 Å². The van der Waals surface area contributed by atoms with E-state index in [0.29, 0.717) is 6.54 Å². The Morgan fingerprint density at radius 2 is 2.20 bits per heavy atom. The Labute approximate surface area is 87.5 Å². The molecule has 0 aliphatic heterocycles. The van der Waals surface area contributed by atoms with Crippen LogP contribution < -0.4 is 5.56 Å². The number of rotatable bonds is 3. The van der Waals surface area contributed by atoms with E-state index >= 15 is 0 Å². The molecule has 0 fully saturated rings. The van der Waals surface area contributed by atoms with Gasteiger partial charge in [0.1, 0.15) is 0 Å². The zero-order valence-corrected chi connectivity index (χ0v) is 8.73. The summed E-state index contributed by atoms with van der Waals surface area (Å²) < 4.78 is 1.52. The lowest BCUT2D eigenvalue weighted by molar-refractivity contribution is -0.132. The number of carboxylic acids is 1. The summed E-state index contributed by atoms with van der Waals surface area (Å²) in [5, 5.41) is 8.64. The highest BCUT2D eigenvalue weighted by molar-refractivity contribution is 5.85. The monoisotopic (exact) mass is 207 g/mol. The maximum Gasteiger partial charge on any atom is 0.331 e. The van der Waals surface area contributed by atoms with Crippen LogP contribution >= 0.6 is 0 Å². The lowest BCUT2D eigenvalue weighted by Gasteiger charge is -2.05. The molecular formula is C11H13NO3. The summed E-state index contributed by atoms with van der Waals surface area (Å²) in [6, 6.07) is 4.95. The minimum absolute atomic E-state index is 0.121. The number of carbonyl (C=O) groups is 1. The molecule has 0 spiro atoms. The first kappa shape index (κ1) is 11.2. The van der Waals surface area contributed by atoms with E-state index in [1.807, 2.05) is 13.0 Å². The van der Waals surface area contributed by atoms with Crippen LogP contribution in [0.1, 0.15) is 12.6 Å². The molecule has 80 valence electrons. The van der Waals surface area contributed by atoms with E-state index in [1.165, 1.54) is 23.6 Å². The zero-order chi connectivity index (χ0) is 11.4. The van der Waals surface area contributed by atoms with Crippen LogP contribution in [0.5, 0.6) is 0 Å². The van der Waals surface area contributed by atoms with Gasteiger partial charge in [0.2, 0.25) is 0 Å². The lowest BCUT2D eigenvalue weighted by atomic mass is 10.3. The Balaban J connectivity index is 2.96. The summed E-state index contributed by atoms with van der Waals surface area (Å²) in [5.74, 6) is -0.961. The van der Waals surface area contributed by atoms with Crippen molar-refractivity contribution in [3.63, 3.8) is 0 Å². The number of aliphatic carboxylic acids is 1. The van der Waals surface area contributed by atoms with Gasteiger partial charge in [0.15, 0.2) is 0 Å². The summed E-state index contributed by atoms with van der Waals surface area (Å²) in [4.78, 5) is 21.9. The minimum atomic E-state index is -0.961. The number of carboxylic acid groups (broad SMARTS) is 1. The lowest BCUT2D eigenvalue weighted by Crippen LogP contribution is -2.20. The first-order valence-electron chi connectivity index (χ1n) is 4.59. The average Bonchev–Trinajstić information content (AvgIpc) is 2.16. The van der Waals surface area contributed by atoms with Crippen molar-refractivity contribution in [2.45, 2.75) is 20.4 Å². The molecule has 0 aliphatic carbocycles. The summed E-state index contributed by atoms with van der Waals surface area (Å²) in [6.45, 7) is 3.61. The Bertz CT molecular complexity index is 457. The molecule has 1 aromatic rings. The van der Waals surface area contributed by atoms with Crippen LogP contribution in [0.3, 0.4) is 0 Å². The van der Waals surface area contributed by atoms with Crippen LogP contribution in [0, 0.1) is 6.92 Å². The van der Waals surface area contributed by atoms with Crippen LogP contribution in [0.25, 0.3) is 0 Å². The van der Waals surface area contributed by atoms with Crippen molar-refractivity contribution in [1.82, 2.24) is 4.57 Å². The first-order valence-corrected chi connectivity index (χ1v) is 4.59. The molecule has 1 heterocycles. The smallest absolute Gasteiger partial charge is 0.331 e. The molecule has 0 bridgehead atoms. The first-order chi connectivity index (χ1) is 7.02. The van der Waals surface area contributed by atoms with Crippen LogP contribution in [0.2, 0.25) is 0 Å². The van der Waals surface area contributed by atoms with E-state index in [-0.39, 0.29) is 11.1 Å². The van der Waals surface area contributed by atoms with Gasteiger partial charge in [-0.2, -0.15) is 0 Å². The number of allylic oxidation sites excluding steroid dienone is 1. The standard InChI is InChI=1S/C11H13NO3/c1-8(11(14)15)6-7-12-9(2)4-3-5-10(12)13/h3-6H,7H2,1-2H3,(H,14,15). The topological polar surface area (TPSA) is 59.3 Å². The second-order valence-electron chi connectivity index (χ2n) is 3.31. The molecular weight excluding hydrogens is 194 g/mol. The predicted molar refractivity (Wildman–Crippen MR) is 56.8 cm³/mol. The van der Waals surface area contributed by atoms with Gasteiger partial charge in [0.05, 0.1) is 0 Å². The third-order valence-corrected chi connectivity index (χ3v) is 2.19. The van der Waals surface area contributed by atoms with Crippen molar-refractivity contribution in [2.75, 3.05) is 0 Å². The maximum atomic E-state index is 11.4. The van der Waals surface area contributed by atoms with Crippen LogP contribution in [-0.2, 0) is 11.3 Å². The van der Waals surface area contributed by atoms with E-state index in [9.17, 15) is 9.59 Å². The van der Waals surface area contributed by atoms with Gasteiger partial charge in [-0.15, -0.1) is 0 Å². The molecule has 15 heavy (non-hydrogen) atoms. The predicted octanol–water partition coefficient (Wildman–Crippen LogP) is 1.19.